The number of carbonyl (C=O) groups excluding carboxylic acids is 1. The second kappa shape index (κ2) is 10.0. The molecule has 150 valence electrons. The molecule has 2 N–H and O–H groups in total. The quantitative estimate of drug-likeness (QED) is 0.445. The molecule has 6 heteroatoms. The van der Waals surface area contributed by atoms with Crippen molar-refractivity contribution in [3.8, 4) is 0 Å². The Morgan fingerprint density at radius 1 is 0.920 bits per heavy atom. The van der Waals surface area contributed by atoms with Crippen molar-refractivity contribution in [2.24, 2.45) is 0 Å². The summed E-state index contributed by atoms with van der Waals surface area (Å²) in [6, 6.07) is 0. The summed E-state index contributed by atoms with van der Waals surface area (Å²) in [4.78, 5) is 11.7. The molecular formula is C19H40O5Si. The topological polar surface area (TPSA) is 76.0 Å². The van der Waals surface area contributed by atoms with Crippen molar-refractivity contribution in [2.75, 3.05) is 6.61 Å². The molecule has 2 atom stereocenters. The van der Waals surface area contributed by atoms with Gasteiger partial charge < -0.3 is 19.4 Å². The molecule has 0 bridgehead atoms. The minimum Gasteiger partial charge on any atom is -0.460 e. The molecule has 0 aliphatic rings. The van der Waals surface area contributed by atoms with Gasteiger partial charge in [0.05, 0.1) is 25.2 Å². The number of hydrogen-bond acceptors (Lipinski definition) is 5. The fourth-order valence-electron chi connectivity index (χ4n) is 3.78. The Hall–Kier alpha value is -0.433. The molecule has 0 aliphatic carbocycles. The highest BCUT2D eigenvalue weighted by Gasteiger charge is 2.45. The van der Waals surface area contributed by atoms with Gasteiger partial charge in [0, 0.05) is 6.42 Å². The molecule has 0 saturated heterocycles. The average Bonchev–Trinajstić information content (AvgIpc) is 2.34. The van der Waals surface area contributed by atoms with Gasteiger partial charge in [-0.05, 0) is 37.4 Å². The third-order valence-electron chi connectivity index (χ3n) is 4.60. The van der Waals surface area contributed by atoms with E-state index < -0.39 is 32.1 Å². The first-order chi connectivity index (χ1) is 11.2. The van der Waals surface area contributed by atoms with Crippen LogP contribution in [-0.2, 0) is 14.0 Å². The molecule has 0 aromatic carbocycles. The van der Waals surface area contributed by atoms with Crippen LogP contribution in [0.25, 0.3) is 0 Å². The normalized spacial score (nSPS) is 15.8. The number of aliphatic hydroxyl groups is 2. The maximum Gasteiger partial charge on any atom is 0.308 e. The van der Waals surface area contributed by atoms with E-state index in [0.717, 1.165) is 0 Å². The molecule has 0 fully saturated rings. The predicted molar refractivity (Wildman–Crippen MR) is 104 cm³/mol. The third kappa shape index (κ3) is 8.20. The molecule has 0 spiro atoms. The highest BCUT2D eigenvalue weighted by molar-refractivity contribution is 6.77. The Kier molecular flexibility index (Phi) is 9.87. The highest BCUT2D eigenvalue weighted by atomic mass is 28.4. The maximum absolute atomic E-state index is 11.7. The summed E-state index contributed by atoms with van der Waals surface area (Å²) in [6.45, 7) is 18.7. The molecular weight excluding hydrogens is 336 g/mol. The van der Waals surface area contributed by atoms with E-state index in [0.29, 0.717) is 16.6 Å². The fourth-order valence-corrected chi connectivity index (χ4v) is 9.26. The minimum absolute atomic E-state index is 0.109. The molecule has 0 aromatic heterocycles. The molecule has 0 unspecified atom stereocenters. The summed E-state index contributed by atoms with van der Waals surface area (Å²) in [6.07, 6.45) is -1.73. The Morgan fingerprint density at radius 2 is 1.36 bits per heavy atom. The van der Waals surface area contributed by atoms with Crippen molar-refractivity contribution in [3.63, 3.8) is 0 Å². The van der Waals surface area contributed by atoms with Crippen LogP contribution in [0.1, 0.15) is 75.2 Å². The summed E-state index contributed by atoms with van der Waals surface area (Å²) < 4.78 is 11.5. The molecule has 0 radical (unpaired) electrons. The summed E-state index contributed by atoms with van der Waals surface area (Å²) in [7, 11) is -2.04. The van der Waals surface area contributed by atoms with E-state index in [1.807, 2.05) is 0 Å². The van der Waals surface area contributed by atoms with Crippen molar-refractivity contribution in [1.29, 1.82) is 0 Å². The van der Waals surface area contributed by atoms with Crippen LogP contribution < -0.4 is 0 Å². The monoisotopic (exact) mass is 376 g/mol. The van der Waals surface area contributed by atoms with Crippen LogP contribution in [0, 0.1) is 0 Å². The first-order valence-electron chi connectivity index (χ1n) is 9.44. The van der Waals surface area contributed by atoms with Crippen molar-refractivity contribution in [3.05, 3.63) is 0 Å². The highest BCUT2D eigenvalue weighted by Crippen LogP contribution is 2.42. The van der Waals surface area contributed by atoms with Gasteiger partial charge in [0.25, 0.3) is 0 Å². The Bertz CT molecular complexity index is 379. The summed E-state index contributed by atoms with van der Waals surface area (Å²) in [5.41, 5.74) is 0.736. The lowest BCUT2D eigenvalue weighted by Gasteiger charge is -2.42. The standard InChI is InChI=1S/C19H40O5Si/c1-13(2)25(14(3)4,15(5)6)23-12-17(21)10-16(20)11-18(22)24-19(7,8)9/h13-17,20-21H,10-12H2,1-9H3/t16-,17+/m1/s1. The summed E-state index contributed by atoms with van der Waals surface area (Å²) >= 11 is 0. The predicted octanol–water partition coefficient (Wildman–Crippen LogP) is 4.02. The van der Waals surface area contributed by atoms with Gasteiger partial charge in [0.2, 0.25) is 0 Å². The average molecular weight is 377 g/mol. The smallest absolute Gasteiger partial charge is 0.308 e. The molecule has 0 rings (SSSR count). The van der Waals surface area contributed by atoms with Crippen LogP contribution in [0.2, 0.25) is 16.6 Å². The lowest BCUT2D eigenvalue weighted by molar-refractivity contribution is -0.157. The van der Waals surface area contributed by atoms with Crippen molar-refractivity contribution in [2.45, 2.75) is 110 Å². The van der Waals surface area contributed by atoms with Crippen molar-refractivity contribution in [1.82, 2.24) is 0 Å². The Labute approximate surface area is 155 Å². The van der Waals surface area contributed by atoms with E-state index in [1.165, 1.54) is 0 Å². The van der Waals surface area contributed by atoms with Gasteiger partial charge in [0.15, 0.2) is 8.32 Å². The van der Waals surface area contributed by atoms with Gasteiger partial charge >= 0.3 is 5.97 Å². The largest absolute Gasteiger partial charge is 0.460 e. The fraction of sp³-hybridized carbons (Fsp3) is 0.947. The number of rotatable bonds is 10. The second-order valence-electron chi connectivity index (χ2n) is 8.96. The van der Waals surface area contributed by atoms with Crippen LogP contribution >= 0.6 is 0 Å². The third-order valence-corrected chi connectivity index (χ3v) is 10.7. The van der Waals surface area contributed by atoms with E-state index in [1.54, 1.807) is 20.8 Å². The van der Waals surface area contributed by atoms with Gasteiger partial charge in [0.1, 0.15) is 5.60 Å². The van der Waals surface area contributed by atoms with E-state index in [4.69, 9.17) is 9.16 Å². The van der Waals surface area contributed by atoms with E-state index >= 15 is 0 Å². The number of aliphatic hydroxyl groups excluding tert-OH is 2. The Balaban J connectivity index is 4.63. The van der Waals surface area contributed by atoms with Gasteiger partial charge in [-0.1, -0.05) is 41.5 Å². The summed E-state index contributed by atoms with van der Waals surface area (Å²) in [5, 5.41) is 20.3. The summed E-state index contributed by atoms with van der Waals surface area (Å²) in [5.74, 6) is -0.455. The van der Waals surface area contributed by atoms with Crippen LogP contribution in [0.4, 0.5) is 0 Å². The molecule has 0 amide bonds. The zero-order chi connectivity index (χ0) is 20.0. The maximum atomic E-state index is 11.7. The van der Waals surface area contributed by atoms with Gasteiger partial charge in [-0.3, -0.25) is 4.79 Å². The molecule has 0 saturated carbocycles. The molecule has 0 aromatic rings. The van der Waals surface area contributed by atoms with Crippen LogP contribution in [0.5, 0.6) is 0 Å². The molecule has 25 heavy (non-hydrogen) atoms. The Morgan fingerprint density at radius 3 is 1.72 bits per heavy atom. The molecule has 5 nitrogen and oxygen atoms in total. The van der Waals surface area contributed by atoms with E-state index in [9.17, 15) is 15.0 Å². The van der Waals surface area contributed by atoms with Gasteiger partial charge in [-0.25, -0.2) is 0 Å². The number of hydrogen-bond donors (Lipinski definition) is 2. The van der Waals surface area contributed by atoms with Crippen LogP contribution in [-0.4, -0.2) is 48.9 Å². The van der Waals surface area contributed by atoms with Gasteiger partial charge in [-0.15, -0.1) is 0 Å². The number of ether oxygens (including phenoxy) is 1. The number of carbonyl (C=O) groups is 1. The van der Waals surface area contributed by atoms with Crippen molar-refractivity contribution >= 4 is 14.3 Å². The van der Waals surface area contributed by atoms with Crippen LogP contribution in [0.15, 0.2) is 0 Å². The first-order valence-corrected chi connectivity index (χ1v) is 11.6. The van der Waals surface area contributed by atoms with Crippen molar-refractivity contribution < 1.29 is 24.2 Å². The zero-order valence-corrected chi connectivity index (χ0v) is 18.6. The van der Waals surface area contributed by atoms with Gasteiger partial charge in [-0.2, -0.15) is 0 Å². The number of esters is 1. The lowest BCUT2D eigenvalue weighted by atomic mass is 10.1. The van der Waals surface area contributed by atoms with E-state index in [2.05, 4.69) is 41.5 Å². The lowest BCUT2D eigenvalue weighted by Crippen LogP contribution is -2.49. The second-order valence-corrected chi connectivity index (χ2v) is 14.4. The minimum atomic E-state index is -2.04. The van der Waals surface area contributed by atoms with E-state index in [-0.39, 0.29) is 19.4 Å². The molecule has 0 aliphatic heterocycles. The molecule has 0 heterocycles. The first kappa shape index (κ1) is 24.6. The van der Waals surface area contributed by atoms with Crippen LogP contribution in [0.3, 0.4) is 0 Å². The zero-order valence-electron chi connectivity index (χ0n) is 17.6. The SMILES string of the molecule is CC(C)[Si](OC[C@@H](O)C[C@@H](O)CC(=O)OC(C)(C)C)(C(C)C)C(C)C.